The Morgan fingerprint density at radius 3 is 2.57 bits per heavy atom. The lowest BCUT2D eigenvalue weighted by Crippen LogP contribution is -2.04. The fourth-order valence-corrected chi connectivity index (χ4v) is 3.20. The van der Waals surface area contributed by atoms with E-state index in [-0.39, 0.29) is 0 Å². The van der Waals surface area contributed by atoms with Crippen LogP contribution >= 0.6 is 11.8 Å². The van der Waals surface area contributed by atoms with Gasteiger partial charge in [0, 0.05) is 37.9 Å². The molecule has 0 saturated heterocycles. The minimum atomic E-state index is 0.830. The molecule has 2 aromatic heterocycles. The molecule has 0 fully saturated rings. The van der Waals surface area contributed by atoms with E-state index in [1.165, 1.54) is 5.56 Å². The molecule has 0 aliphatic heterocycles. The third-order valence-electron chi connectivity index (χ3n) is 3.35. The van der Waals surface area contributed by atoms with Crippen molar-refractivity contribution in [1.29, 1.82) is 0 Å². The van der Waals surface area contributed by atoms with E-state index in [0.29, 0.717) is 0 Å². The molecule has 21 heavy (non-hydrogen) atoms. The summed E-state index contributed by atoms with van der Waals surface area (Å²) in [6.07, 6.45) is 7.77. The molecule has 0 unspecified atom stereocenters. The highest BCUT2D eigenvalue weighted by Crippen LogP contribution is 2.20. The maximum atomic E-state index is 4.47. The van der Waals surface area contributed by atoms with Gasteiger partial charge in [0.2, 0.25) is 0 Å². The topological polar surface area (TPSA) is 35.6 Å². The van der Waals surface area contributed by atoms with Gasteiger partial charge in [0.15, 0.2) is 5.16 Å². The van der Waals surface area contributed by atoms with Crippen molar-refractivity contribution in [2.24, 2.45) is 0 Å². The standard InChI is InChI=1S/C16H18N4S/c1-2-19-10-9-18-16(19)21-13-15-17-8-11-20(15)12-14-6-4-3-5-7-14/h3-11H,2,12-13H2,1H3. The van der Waals surface area contributed by atoms with E-state index in [9.17, 15) is 0 Å². The molecular formula is C16H18N4S. The first kappa shape index (κ1) is 13.9. The van der Waals surface area contributed by atoms with Crippen LogP contribution in [0.15, 0.2) is 60.3 Å². The Morgan fingerprint density at radius 2 is 1.76 bits per heavy atom. The van der Waals surface area contributed by atoms with Crippen LogP contribution in [-0.4, -0.2) is 19.1 Å². The van der Waals surface area contributed by atoms with Crippen molar-refractivity contribution >= 4 is 11.8 Å². The number of hydrogen-bond donors (Lipinski definition) is 0. The Morgan fingerprint density at radius 1 is 1.00 bits per heavy atom. The first-order chi connectivity index (χ1) is 10.4. The number of benzene rings is 1. The first-order valence-corrected chi connectivity index (χ1v) is 8.03. The van der Waals surface area contributed by atoms with Gasteiger partial charge in [0.25, 0.3) is 0 Å². The molecular weight excluding hydrogens is 280 g/mol. The number of aryl methyl sites for hydroxylation is 1. The van der Waals surface area contributed by atoms with Gasteiger partial charge in [-0.1, -0.05) is 42.1 Å². The number of thioether (sulfide) groups is 1. The molecule has 5 heteroatoms. The lowest BCUT2D eigenvalue weighted by Gasteiger charge is -2.08. The summed E-state index contributed by atoms with van der Waals surface area (Å²) in [4.78, 5) is 8.86. The highest BCUT2D eigenvalue weighted by molar-refractivity contribution is 7.98. The molecule has 0 amide bonds. The maximum absolute atomic E-state index is 4.47. The SMILES string of the molecule is CCn1ccnc1SCc1nccn1Cc1ccccc1. The van der Waals surface area contributed by atoms with Gasteiger partial charge in [0.1, 0.15) is 5.82 Å². The summed E-state index contributed by atoms with van der Waals surface area (Å²) in [5.74, 6) is 1.91. The average molecular weight is 298 g/mol. The van der Waals surface area contributed by atoms with Crippen molar-refractivity contribution in [3.05, 3.63) is 66.5 Å². The summed E-state index contributed by atoms with van der Waals surface area (Å²) < 4.78 is 4.34. The molecule has 0 aliphatic carbocycles. The highest BCUT2D eigenvalue weighted by atomic mass is 32.2. The Balaban J connectivity index is 1.68. The molecule has 3 rings (SSSR count). The van der Waals surface area contributed by atoms with Gasteiger partial charge in [-0.2, -0.15) is 0 Å². The predicted octanol–water partition coefficient (Wildman–Crippen LogP) is 3.44. The van der Waals surface area contributed by atoms with Crippen LogP contribution in [0.3, 0.4) is 0 Å². The molecule has 2 heterocycles. The van der Waals surface area contributed by atoms with Crippen LogP contribution in [0.5, 0.6) is 0 Å². The van der Waals surface area contributed by atoms with Crippen LogP contribution in [0.4, 0.5) is 0 Å². The number of hydrogen-bond acceptors (Lipinski definition) is 3. The second kappa shape index (κ2) is 6.63. The van der Waals surface area contributed by atoms with Gasteiger partial charge in [-0.3, -0.25) is 0 Å². The van der Waals surface area contributed by atoms with E-state index in [4.69, 9.17) is 0 Å². The molecule has 0 radical (unpaired) electrons. The van der Waals surface area contributed by atoms with Crippen LogP contribution in [0.2, 0.25) is 0 Å². The average Bonchev–Trinajstić information content (AvgIpc) is 3.15. The van der Waals surface area contributed by atoms with Gasteiger partial charge >= 0.3 is 0 Å². The van der Waals surface area contributed by atoms with Crippen molar-refractivity contribution in [1.82, 2.24) is 19.1 Å². The minimum absolute atomic E-state index is 0.830. The van der Waals surface area contributed by atoms with E-state index in [1.807, 2.05) is 30.9 Å². The Labute approximate surface area is 128 Å². The van der Waals surface area contributed by atoms with E-state index in [1.54, 1.807) is 11.8 Å². The molecule has 0 spiro atoms. The zero-order chi connectivity index (χ0) is 14.5. The van der Waals surface area contributed by atoms with Crippen LogP contribution < -0.4 is 0 Å². The highest BCUT2D eigenvalue weighted by Gasteiger charge is 2.07. The molecule has 0 N–H and O–H groups in total. The third-order valence-corrected chi connectivity index (χ3v) is 4.35. The fraction of sp³-hybridized carbons (Fsp3) is 0.250. The zero-order valence-electron chi connectivity index (χ0n) is 12.0. The normalized spacial score (nSPS) is 10.9. The molecule has 3 aromatic rings. The number of aromatic nitrogens is 4. The fourth-order valence-electron chi connectivity index (χ4n) is 2.21. The summed E-state index contributed by atoms with van der Waals surface area (Å²) >= 11 is 1.73. The molecule has 4 nitrogen and oxygen atoms in total. The van der Waals surface area contributed by atoms with Gasteiger partial charge in [-0.25, -0.2) is 9.97 Å². The van der Waals surface area contributed by atoms with Crippen LogP contribution in [0.25, 0.3) is 0 Å². The lowest BCUT2D eigenvalue weighted by atomic mass is 10.2. The first-order valence-electron chi connectivity index (χ1n) is 7.04. The van der Waals surface area contributed by atoms with Gasteiger partial charge in [-0.05, 0) is 12.5 Å². The minimum Gasteiger partial charge on any atom is -0.330 e. The molecule has 108 valence electrons. The van der Waals surface area contributed by atoms with Crippen molar-refractivity contribution in [3.63, 3.8) is 0 Å². The van der Waals surface area contributed by atoms with Crippen LogP contribution in [0.1, 0.15) is 18.3 Å². The zero-order valence-corrected chi connectivity index (χ0v) is 12.8. The Hall–Kier alpha value is -2.01. The summed E-state index contributed by atoms with van der Waals surface area (Å²) in [6.45, 7) is 3.93. The molecule has 1 aromatic carbocycles. The van der Waals surface area contributed by atoms with Crippen molar-refractivity contribution in [2.75, 3.05) is 0 Å². The van der Waals surface area contributed by atoms with Crippen LogP contribution in [-0.2, 0) is 18.8 Å². The maximum Gasteiger partial charge on any atom is 0.168 e. The summed E-state index contributed by atoms with van der Waals surface area (Å²) in [6, 6.07) is 10.5. The number of rotatable bonds is 6. The largest absolute Gasteiger partial charge is 0.330 e. The molecule has 0 aliphatic rings. The molecule has 0 saturated carbocycles. The van der Waals surface area contributed by atoms with Crippen molar-refractivity contribution in [2.45, 2.75) is 30.9 Å². The Bertz CT molecular complexity index is 687. The van der Waals surface area contributed by atoms with Crippen LogP contribution in [0, 0.1) is 0 Å². The third kappa shape index (κ3) is 3.36. The monoisotopic (exact) mass is 298 g/mol. The van der Waals surface area contributed by atoms with Gasteiger partial charge in [-0.15, -0.1) is 0 Å². The summed E-state index contributed by atoms with van der Waals surface area (Å²) in [7, 11) is 0. The van der Waals surface area contributed by atoms with Crippen molar-refractivity contribution < 1.29 is 0 Å². The quantitative estimate of drug-likeness (QED) is 0.654. The molecule has 0 bridgehead atoms. The smallest absolute Gasteiger partial charge is 0.168 e. The van der Waals surface area contributed by atoms with E-state index >= 15 is 0 Å². The number of imidazole rings is 2. The van der Waals surface area contributed by atoms with Gasteiger partial charge < -0.3 is 9.13 Å². The number of nitrogens with zero attached hydrogens (tertiary/aromatic N) is 4. The second-order valence-electron chi connectivity index (χ2n) is 4.74. The lowest BCUT2D eigenvalue weighted by molar-refractivity contribution is 0.680. The van der Waals surface area contributed by atoms with Crippen molar-refractivity contribution in [3.8, 4) is 0 Å². The second-order valence-corrected chi connectivity index (χ2v) is 5.68. The Kier molecular flexibility index (Phi) is 4.40. The van der Waals surface area contributed by atoms with E-state index in [0.717, 1.165) is 29.8 Å². The van der Waals surface area contributed by atoms with E-state index < -0.39 is 0 Å². The van der Waals surface area contributed by atoms with Gasteiger partial charge in [0.05, 0.1) is 5.75 Å². The van der Waals surface area contributed by atoms with E-state index in [2.05, 4.69) is 50.3 Å². The molecule has 0 atom stereocenters. The predicted molar refractivity (Wildman–Crippen MR) is 85.2 cm³/mol. The summed E-state index contributed by atoms with van der Waals surface area (Å²) in [5.41, 5.74) is 1.29. The summed E-state index contributed by atoms with van der Waals surface area (Å²) in [5, 5.41) is 1.05.